The van der Waals surface area contributed by atoms with Crippen LogP contribution in [0.15, 0.2) is 24.3 Å². The van der Waals surface area contributed by atoms with Gasteiger partial charge >= 0.3 is 0 Å². The summed E-state index contributed by atoms with van der Waals surface area (Å²) in [4.78, 5) is 2.51. The van der Waals surface area contributed by atoms with Gasteiger partial charge in [-0.25, -0.2) is 0 Å². The number of rotatable bonds is 4. The van der Waals surface area contributed by atoms with E-state index in [1.165, 1.54) is 12.0 Å². The zero-order chi connectivity index (χ0) is 13.0. The number of nitrogens with one attached hydrogen (secondary N) is 1. The van der Waals surface area contributed by atoms with E-state index < -0.39 is 0 Å². The molecule has 0 amide bonds. The highest BCUT2D eigenvalue weighted by Crippen LogP contribution is 2.36. The molecule has 1 aliphatic heterocycles. The number of likely N-dealkylation sites (tertiary alicyclic amines) is 1. The van der Waals surface area contributed by atoms with Crippen molar-refractivity contribution in [3.8, 4) is 6.07 Å². The molecular formula is C15H21N3. The van der Waals surface area contributed by atoms with E-state index in [1.54, 1.807) is 0 Å². The molecule has 1 aromatic carbocycles. The van der Waals surface area contributed by atoms with Crippen molar-refractivity contribution in [1.29, 1.82) is 5.26 Å². The summed E-state index contributed by atoms with van der Waals surface area (Å²) in [6.07, 6.45) is 1.23. The van der Waals surface area contributed by atoms with Gasteiger partial charge in [0.15, 0.2) is 0 Å². The van der Waals surface area contributed by atoms with E-state index >= 15 is 0 Å². The number of hydrogen-bond donors (Lipinski definition) is 1. The van der Waals surface area contributed by atoms with E-state index in [9.17, 15) is 0 Å². The molecule has 1 N–H and O–H groups in total. The number of hydrogen-bond acceptors (Lipinski definition) is 3. The van der Waals surface area contributed by atoms with E-state index in [2.05, 4.69) is 29.3 Å². The molecule has 0 bridgehead atoms. The third-order valence-electron chi connectivity index (χ3n) is 3.86. The fourth-order valence-corrected chi connectivity index (χ4v) is 3.03. The van der Waals surface area contributed by atoms with Gasteiger partial charge in [-0.3, -0.25) is 4.90 Å². The zero-order valence-electron chi connectivity index (χ0n) is 11.2. The molecule has 1 fully saturated rings. The minimum absolute atomic E-state index is 0.454. The quantitative estimate of drug-likeness (QED) is 0.881. The van der Waals surface area contributed by atoms with Gasteiger partial charge in [0.05, 0.1) is 11.6 Å². The molecule has 1 heterocycles. The van der Waals surface area contributed by atoms with Crippen molar-refractivity contribution in [3.05, 3.63) is 35.4 Å². The van der Waals surface area contributed by atoms with Crippen LogP contribution in [0.5, 0.6) is 0 Å². The topological polar surface area (TPSA) is 39.1 Å². The monoisotopic (exact) mass is 243 g/mol. The molecular weight excluding hydrogens is 222 g/mol. The molecule has 1 saturated heterocycles. The van der Waals surface area contributed by atoms with Crippen molar-refractivity contribution in [2.45, 2.75) is 19.4 Å². The third kappa shape index (κ3) is 2.55. The van der Waals surface area contributed by atoms with Gasteiger partial charge in [-0.1, -0.05) is 19.1 Å². The Morgan fingerprint density at radius 1 is 1.50 bits per heavy atom. The predicted molar refractivity (Wildman–Crippen MR) is 73.2 cm³/mol. The third-order valence-corrected chi connectivity index (χ3v) is 3.86. The fourth-order valence-electron chi connectivity index (χ4n) is 3.03. The molecule has 96 valence electrons. The second-order valence-electron chi connectivity index (χ2n) is 4.92. The fraction of sp³-hybridized carbons (Fsp3) is 0.533. The van der Waals surface area contributed by atoms with Crippen molar-refractivity contribution >= 4 is 0 Å². The summed E-state index contributed by atoms with van der Waals surface area (Å²) in [7, 11) is 2.01. The first kappa shape index (κ1) is 13.1. The molecule has 0 aliphatic carbocycles. The average molecular weight is 243 g/mol. The van der Waals surface area contributed by atoms with Crippen LogP contribution in [0.1, 0.15) is 30.5 Å². The van der Waals surface area contributed by atoms with Gasteiger partial charge in [-0.2, -0.15) is 5.26 Å². The Kier molecular flexibility index (Phi) is 4.35. The van der Waals surface area contributed by atoms with Crippen LogP contribution in [0.4, 0.5) is 0 Å². The lowest BCUT2D eigenvalue weighted by atomic mass is 9.92. The van der Waals surface area contributed by atoms with Crippen molar-refractivity contribution in [2.75, 3.05) is 26.7 Å². The Bertz CT molecular complexity index is 436. The van der Waals surface area contributed by atoms with Crippen LogP contribution in [0.3, 0.4) is 0 Å². The van der Waals surface area contributed by atoms with Gasteiger partial charge in [-0.15, -0.1) is 0 Å². The lowest BCUT2D eigenvalue weighted by molar-refractivity contribution is 0.238. The summed E-state index contributed by atoms with van der Waals surface area (Å²) in [5.41, 5.74) is 2.05. The number of nitrogens with zero attached hydrogens (tertiary/aromatic N) is 2. The summed E-state index contributed by atoms with van der Waals surface area (Å²) >= 11 is 0. The molecule has 0 radical (unpaired) electrons. The van der Waals surface area contributed by atoms with Gasteiger partial charge < -0.3 is 5.32 Å². The molecule has 2 atom stereocenters. The summed E-state index contributed by atoms with van der Waals surface area (Å²) in [5.74, 6) is 0.642. The van der Waals surface area contributed by atoms with Gasteiger partial charge in [0.2, 0.25) is 0 Å². The lowest BCUT2D eigenvalue weighted by Gasteiger charge is -2.27. The Labute approximate surface area is 109 Å². The molecule has 0 saturated carbocycles. The van der Waals surface area contributed by atoms with Crippen molar-refractivity contribution in [1.82, 2.24) is 10.2 Å². The molecule has 3 nitrogen and oxygen atoms in total. The molecule has 18 heavy (non-hydrogen) atoms. The van der Waals surface area contributed by atoms with Crippen LogP contribution >= 0.6 is 0 Å². The Morgan fingerprint density at radius 2 is 2.33 bits per heavy atom. The molecule has 1 aliphatic rings. The second-order valence-corrected chi connectivity index (χ2v) is 4.92. The van der Waals surface area contributed by atoms with Gasteiger partial charge in [0.1, 0.15) is 0 Å². The standard InChI is InChI=1S/C15H21N3/c1-3-18-8-7-14(11-17-2)15(18)13-6-4-5-12(9-13)10-16/h4-6,9,14-15,17H,3,7-8,11H2,1-2H3. The highest BCUT2D eigenvalue weighted by Gasteiger charge is 2.33. The molecule has 0 aromatic heterocycles. The Hall–Kier alpha value is -1.37. The molecule has 2 rings (SSSR count). The van der Waals surface area contributed by atoms with Crippen molar-refractivity contribution in [3.63, 3.8) is 0 Å². The van der Waals surface area contributed by atoms with Gasteiger partial charge in [-0.05, 0) is 56.7 Å². The highest BCUT2D eigenvalue weighted by molar-refractivity contribution is 5.35. The summed E-state index contributed by atoms with van der Waals surface area (Å²) < 4.78 is 0. The second kappa shape index (κ2) is 5.99. The first-order chi connectivity index (χ1) is 8.80. The molecule has 0 spiro atoms. The summed E-state index contributed by atoms with van der Waals surface area (Å²) in [5, 5.41) is 12.3. The van der Waals surface area contributed by atoms with Crippen molar-refractivity contribution < 1.29 is 0 Å². The highest BCUT2D eigenvalue weighted by atomic mass is 15.2. The van der Waals surface area contributed by atoms with Crippen LogP contribution < -0.4 is 5.32 Å². The van der Waals surface area contributed by atoms with Gasteiger partial charge in [0.25, 0.3) is 0 Å². The minimum Gasteiger partial charge on any atom is -0.319 e. The van der Waals surface area contributed by atoms with Crippen LogP contribution in [0.25, 0.3) is 0 Å². The maximum absolute atomic E-state index is 9.02. The molecule has 1 aromatic rings. The summed E-state index contributed by atoms with van der Waals surface area (Å²) in [6.45, 7) is 5.48. The summed E-state index contributed by atoms with van der Waals surface area (Å²) in [6, 6.07) is 10.8. The normalized spacial score (nSPS) is 24.1. The predicted octanol–water partition coefficient (Wildman–Crippen LogP) is 2.16. The number of nitriles is 1. The smallest absolute Gasteiger partial charge is 0.0991 e. The Morgan fingerprint density at radius 3 is 3.00 bits per heavy atom. The maximum Gasteiger partial charge on any atom is 0.0991 e. The average Bonchev–Trinajstić information content (AvgIpc) is 2.82. The Balaban J connectivity index is 2.28. The first-order valence-electron chi connectivity index (χ1n) is 6.68. The largest absolute Gasteiger partial charge is 0.319 e. The van der Waals surface area contributed by atoms with Crippen LogP contribution in [-0.4, -0.2) is 31.6 Å². The van der Waals surface area contributed by atoms with Crippen LogP contribution in [-0.2, 0) is 0 Å². The molecule has 3 heteroatoms. The minimum atomic E-state index is 0.454. The number of benzene rings is 1. The zero-order valence-corrected chi connectivity index (χ0v) is 11.2. The van der Waals surface area contributed by atoms with E-state index in [4.69, 9.17) is 5.26 Å². The lowest BCUT2D eigenvalue weighted by Crippen LogP contribution is -2.29. The van der Waals surface area contributed by atoms with E-state index in [0.29, 0.717) is 12.0 Å². The van der Waals surface area contributed by atoms with E-state index in [1.807, 2.05) is 25.2 Å². The van der Waals surface area contributed by atoms with E-state index in [0.717, 1.165) is 25.2 Å². The van der Waals surface area contributed by atoms with Crippen LogP contribution in [0.2, 0.25) is 0 Å². The SMILES string of the molecule is CCN1CCC(CNC)C1c1cccc(C#N)c1. The van der Waals surface area contributed by atoms with Crippen LogP contribution in [0, 0.1) is 17.2 Å². The van der Waals surface area contributed by atoms with Gasteiger partial charge in [0, 0.05) is 6.04 Å². The van der Waals surface area contributed by atoms with E-state index in [-0.39, 0.29) is 0 Å². The molecule has 2 unspecified atom stereocenters. The maximum atomic E-state index is 9.02. The first-order valence-corrected chi connectivity index (χ1v) is 6.68. The van der Waals surface area contributed by atoms with Crippen molar-refractivity contribution in [2.24, 2.45) is 5.92 Å².